The Morgan fingerprint density at radius 2 is 1.02 bits per heavy atom. The van der Waals surface area contributed by atoms with Crippen molar-refractivity contribution in [2.75, 3.05) is 34.0 Å². The van der Waals surface area contributed by atoms with E-state index in [2.05, 4.69) is 112 Å². The van der Waals surface area contributed by atoms with E-state index in [4.69, 9.17) is 23.7 Å². The van der Waals surface area contributed by atoms with Crippen LogP contribution in [0.4, 0.5) is 4.79 Å². The quantitative estimate of drug-likeness (QED) is 0.0909. The fourth-order valence-corrected chi connectivity index (χ4v) is 21.7. The van der Waals surface area contributed by atoms with E-state index >= 15 is 0 Å². The van der Waals surface area contributed by atoms with Crippen molar-refractivity contribution in [3.05, 3.63) is 47.5 Å². The molecule has 0 spiro atoms. The number of carbonyl (C=O) groups excluding carboxylic acids is 3. The van der Waals surface area contributed by atoms with Crippen molar-refractivity contribution in [2.45, 2.75) is 228 Å². The number of alkyl carbamates (subject to hydrolysis) is 1. The number of fused-ring (bicyclic) bond motifs is 13. The van der Waals surface area contributed by atoms with Crippen molar-refractivity contribution in [3.63, 3.8) is 0 Å². The van der Waals surface area contributed by atoms with E-state index in [0.29, 0.717) is 96.3 Å². The number of nitrogens with one attached hydrogen (secondary N) is 1. The Morgan fingerprint density at radius 1 is 0.588 bits per heavy atom. The minimum atomic E-state index is -0.583. The summed E-state index contributed by atoms with van der Waals surface area (Å²) in [6, 6.07) is 13.0. The maximum atomic E-state index is 12.8. The lowest BCUT2D eigenvalue weighted by Crippen LogP contribution is -2.54. The number of methoxy groups -OCH3 is 2. The van der Waals surface area contributed by atoms with Crippen LogP contribution in [0.2, 0.25) is 0 Å². The second-order valence-electron chi connectivity index (χ2n) is 31.0. The fourth-order valence-electron chi connectivity index (χ4n) is 21.7. The monoisotopic (exact) mass is 1160 g/mol. The number of ether oxygens (including phenoxy) is 5. The third-order valence-electron chi connectivity index (χ3n) is 25.9. The van der Waals surface area contributed by atoms with Gasteiger partial charge in [-0.1, -0.05) is 77.4 Å². The van der Waals surface area contributed by atoms with Crippen LogP contribution in [0.5, 0.6) is 0 Å². The van der Waals surface area contributed by atoms with Gasteiger partial charge in [-0.2, -0.15) is 0 Å². The molecule has 1 amide bonds. The van der Waals surface area contributed by atoms with Gasteiger partial charge in [-0.25, -0.2) is 4.79 Å². The van der Waals surface area contributed by atoms with Gasteiger partial charge in [0.15, 0.2) is 0 Å². The van der Waals surface area contributed by atoms with Gasteiger partial charge in [-0.15, -0.1) is 0 Å². The molecule has 0 radical (unpaired) electrons. The van der Waals surface area contributed by atoms with E-state index in [1.54, 1.807) is 0 Å². The molecule has 11 rings (SSSR count). The maximum Gasteiger partial charge on any atom is 0.407 e. The first-order chi connectivity index (χ1) is 40.6. The number of amides is 1. The molecule has 0 bridgehead atoms. The molecular weight excluding hydrogens is 1060 g/mol. The van der Waals surface area contributed by atoms with Gasteiger partial charge in [0.25, 0.3) is 0 Å². The van der Waals surface area contributed by atoms with E-state index in [-0.39, 0.29) is 24.1 Å². The van der Waals surface area contributed by atoms with Crippen LogP contribution in [0, 0.1) is 116 Å². The first-order valence-corrected chi connectivity index (χ1v) is 34.0. The Hall–Kier alpha value is -4.51. The molecule has 0 aliphatic heterocycles. The number of carbonyl (C=O) groups is 3. The summed E-state index contributed by atoms with van der Waals surface area (Å²) in [4.78, 5) is 36.9. The van der Waals surface area contributed by atoms with Crippen LogP contribution in [0.15, 0.2) is 36.4 Å². The Kier molecular flexibility index (Phi) is 18.4. The molecule has 8 aliphatic carbocycles. The third kappa shape index (κ3) is 12.4. The molecule has 8 aliphatic rings. The van der Waals surface area contributed by atoms with Crippen LogP contribution >= 0.6 is 0 Å². The zero-order valence-corrected chi connectivity index (χ0v) is 54.1. The molecule has 9 unspecified atom stereocenters. The van der Waals surface area contributed by atoms with E-state index in [1.165, 1.54) is 104 Å². The predicted molar refractivity (Wildman–Crippen MR) is 338 cm³/mol. The Labute approximate surface area is 511 Å². The Balaban J connectivity index is 0.704. The van der Waals surface area contributed by atoms with Crippen molar-refractivity contribution in [2.24, 2.45) is 92.7 Å². The van der Waals surface area contributed by atoms with Crippen molar-refractivity contribution >= 4 is 39.8 Å². The highest BCUT2D eigenvalue weighted by molar-refractivity contribution is 6.08. The van der Waals surface area contributed by atoms with Crippen molar-refractivity contribution in [1.82, 2.24) is 9.88 Å². The van der Waals surface area contributed by atoms with E-state index < -0.39 is 11.7 Å². The lowest BCUT2D eigenvalue weighted by atomic mass is 9.44. The van der Waals surface area contributed by atoms with E-state index in [1.807, 2.05) is 20.8 Å². The largest absolute Gasteiger partial charge is 0.469 e. The van der Waals surface area contributed by atoms with E-state index in [0.717, 1.165) is 107 Å². The molecular formula is C75H106N2O8. The summed E-state index contributed by atoms with van der Waals surface area (Å²) >= 11 is 0. The summed E-state index contributed by atoms with van der Waals surface area (Å²) in [6.45, 7) is 22.8. The second-order valence-corrected chi connectivity index (χ2v) is 31.0. The first kappa shape index (κ1) is 62.1. The molecule has 10 nitrogen and oxygen atoms in total. The normalized spacial score (nSPS) is 36.3. The lowest BCUT2D eigenvalue weighted by molar-refractivity contribution is -0.142. The van der Waals surface area contributed by atoms with Gasteiger partial charge in [0, 0.05) is 47.8 Å². The van der Waals surface area contributed by atoms with Crippen LogP contribution in [0.3, 0.4) is 0 Å². The van der Waals surface area contributed by atoms with Gasteiger partial charge in [0.1, 0.15) is 18.8 Å². The SMILES string of the molecule is COC(=O)CC[C@@H](C)C1CC[C@H]2[C@@H]3CC[C@@H]4CC(OCC#Cc5ccc6c7ccc(C#CCO[C@@H]8CCC9(C)C%10CCC%11(C)C([C@H](C)CCC(=O)OC)CC[C@H]%11[C@@H]%10CC[C@@H]9C8)cc7n(CCNC(=O)OC(C)(C)C)c6c5)CCC4(C)C3CCC12C. The molecule has 3 aromatic rings. The standard InChI is InChI=1S/C75H106N2O8/c1-48(16-30-68(78)81-10)60-26-28-62-58-24-20-52-46-54(32-36-72(52,6)64(58)34-38-74(60,62)8)83-42-12-14-50-18-22-56-57-23-19-51(45-67(57)77(66(56)44-50)41-40-76-70(80)85-71(3,4)5)15-13-43-84-55-33-37-73(7)53(47-55)21-25-59-63-29-27-61(49(2)17-31-69(79)82-11)75(63,9)39-35-65(59)73/h18-19,22-23,44-45,48-49,52-55,58-65H,16-17,20-21,24-43,46-47H2,1-11H3,(H,76,80)/t48-,49-,52-,53-,54-,55?,58+,59+,60?,61?,62+,63+,64?,65?,72?,73?,74?,75?/m1/s1. The minimum Gasteiger partial charge on any atom is -0.469 e. The van der Waals surface area contributed by atoms with Crippen LogP contribution < -0.4 is 5.32 Å². The average Bonchev–Trinajstić information content (AvgIpc) is 3.20. The molecule has 0 saturated heterocycles. The highest BCUT2D eigenvalue weighted by Gasteiger charge is 2.62. The van der Waals surface area contributed by atoms with Crippen LogP contribution in [-0.2, 0) is 39.8 Å². The summed E-state index contributed by atoms with van der Waals surface area (Å²) in [6.07, 6.45) is 26.1. The van der Waals surface area contributed by atoms with Gasteiger partial charge < -0.3 is 33.6 Å². The zero-order valence-electron chi connectivity index (χ0n) is 54.1. The van der Waals surface area contributed by atoms with Gasteiger partial charge in [-0.3, -0.25) is 9.59 Å². The Bertz CT molecular complexity index is 2860. The lowest BCUT2D eigenvalue weighted by Gasteiger charge is -2.61. The Morgan fingerprint density at radius 3 is 1.46 bits per heavy atom. The number of nitrogens with zero attached hydrogens (tertiary/aromatic N) is 1. The predicted octanol–water partition coefficient (Wildman–Crippen LogP) is 16.3. The van der Waals surface area contributed by atoms with Crippen LogP contribution in [0.25, 0.3) is 21.8 Å². The summed E-state index contributed by atoms with van der Waals surface area (Å²) in [5.74, 6) is 22.5. The number of hydrogen-bond donors (Lipinski definition) is 1. The summed E-state index contributed by atoms with van der Waals surface area (Å²) in [7, 11) is 3.02. The number of hydrogen-bond acceptors (Lipinski definition) is 8. The molecule has 8 saturated carbocycles. The third-order valence-corrected chi connectivity index (χ3v) is 25.9. The zero-order chi connectivity index (χ0) is 60.1. The van der Waals surface area contributed by atoms with Crippen LogP contribution in [0.1, 0.15) is 215 Å². The summed E-state index contributed by atoms with van der Waals surface area (Å²) < 4.78 is 31.2. The smallest absolute Gasteiger partial charge is 0.407 e. The average molecular weight is 1160 g/mol. The van der Waals surface area contributed by atoms with Crippen molar-refractivity contribution < 1.29 is 38.1 Å². The molecule has 18 atom stereocenters. The van der Waals surface area contributed by atoms with Gasteiger partial charge in [0.05, 0.1) is 37.5 Å². The maximum absolute atomic E-state index is 12.8. The molecule has 1 N–H and O–H groups in total. The van der Waals surface area contributed by atoms with Crippen molar-refractivity contribution in [1.29, 1.82) is 0 Å². The van der Waals surface area contributed by atoms with E-state index in [9.17, 15) is 14.4 Å². The molecule has 10 heteroatoms. The molecule has 8 fully saturated rings. The molecule has 85 heavy (non-hydrogen) atoms. The summed E-state index contributed by atoms with van der Waals surface area (Å²) in [5, 5.41) is 5.29. The van der Waals surface area contributed by atoms with Gasteiger partial charge in [-0.05, 0) is 266 Å². The highest BCUT2D eigenvalue weighted by Crippen LogP contribution is 2.70. The first-order valence-electron chi connectivity index (χ1n) is 34.0. The number of aromatic nitrogens is 1. The summed E-state index contributed by atoms with van der Waals surface area (Å²) in [5.41, 5.74) is 5.01. The number of benzene rings is 2. The second kappa shape index (κ2) is 25.2. The molecule has 1 heterocycles. The fraction of sp³-hybridized carbons (Fsp3) is 0.747. The highest BCUT2D eigenvalue weighted by atomic mass is 16.6. The molecule has 1 aromatic heterocycles. The van der Waals surface area contributed by atoms with Gasteiger partial charge >= 0.3 is 18.0 Å². The minimum absolute atomic E-state index is 0.0699. The number of rotatable bonds is 15. The van der Waals surface area contributed by atoms with Gasteiger partial charge in [0.2, 0.25) is 0 Å². The number of esters is 2. The molecule has 464 valence electrons. The molecule has 2 aromatic carbocycles. The van der Waals surface area contributed by atoms with Crippen molar-refractivity contribution in [3.8, 4) is 23.7 Å². The topological polar surface area (TPSA) is 114 Å². The van der Waals surface area contributed by atoms with Crippen LogP contribution in [-0.4, -0.2) is 74.4 Å².